The lowest BCUT2D eigenvalue weighted by atomic mass is 10.4. The van der Waals surface area contributed by atoms with E-state index in [1.807, 2.05) is 13.8 Å². The zero-order valence-electron chi connectivity index (χ0n) is 11.3. The van der Waals surface area contributed by atoms with E-state index < -0.39 is 0 Å². The SMILES string of the molecule is CCC(=O)NC.Cc1cc(N)nc(-n2ccnc2)n1. The molecule has 7 heteroatoms. The van der Waals surface area contributed by atoms with Gasteiger partial charge in [0, 0.05) is 37.6 Å². The van der Waals surface area contributed by atoms with Gasteiger partial charge in [0.2, 0.25) is 11.9 Å². The zero-order chi connectivity index (χ0) is 14.3. The first-order chi connectivity index (χ1) is 9.06. The van der Waals surface area contributed by atoms with E-state index in [2.05, 4.69) is 20.3 Å². The molecule has 0 atom stereocenters. The van der Waals surface area contributed by atoms with Gasteiger partial charge in [-0.3, -0.25) is 9.36 Å². The van der Waals surface area contributed by atoms with Crippen LogP contribution in [0, 0.1) is 6.92 Å². The van der Waals surface area contributed by atoms with E-state index in [1.54, 1.807) is 36.4 Å². The van der Waals surface area contributed by atoms with Crippen molar-refractivity contribution < 1.29 is 4.79 Å². The van der Waals surface area contributed by atoms with Gasteiger partial charge in [-0.15, -0.1) is 0 Å². The Morgan fingerprint density at radius 1 is 1.47 bits per heavy atom. The van der Waals surface area contributed by atoms with Crippen LogP contribution in [0.1, 0.15) is 19.0 Å². The monoisotopic (exact) mass is 262 g/mol. The number of carbonyl (C=O) groups excluding carboxylic acids is 1. The Bertz CT molecular complexity index is 497. The molecule has 2 aromatic heterocycles. The molecule has 0 unspecified atom stereocenters. The van der Waals surface area contributed by atoms with E-state index in [0.29, 0.717) is 18.2 Å². The molecule has 7 nitrogen and oxygen atoms in total. The molecule has 0 aliphatic carbocycles. The van der Waals surface area contributed by atoms with Crippen molar-refractivity contribution in [3.05, 3.63) is 30.5 Å². The Balaban J connectivity index is 0.000000258. The second kappa shape index (κ2) is 7.10. The molecule has 0 fully saturated rings. The van der Waals surface area contributed by atoms with Crippen LogP contribution in [0.25, 0.3) is 5.95 Å². The summed E-state index contributed by atoms with van der Waals surface area (Å²) in [5.74, 6) is 1.11. The van der Waals surface area contributed by atoms with Gasteiger partial charge in [-0.1, -0.05) is 6.92 Å². The van der Waals surface area contributed by atoms with E-state index in [-0.39, 0.29) is 5.91 Å². The van der Waals surface area contributed by atoms with Gasteiger partial charge in [-0.2, -0.15) is 4.98 Å². The number of aryl methyl sites for hydroxylation is 1. The number of hydrogen-bond acceptors (Lipinski definition) is 5. The summed E-state index contributed by atoms with van der Waals surface area (Å²) < 4.78 is 1.71. The smallest absolute Gasteiger partial charge is 0.237 e. The molecule has 0 bridgehead atoms. The molecule has 0 spiro atoms. The first-order valence-electron chi connectivity index (χ1n) is 5.86. The minimum absolute atomic E-state index is 0.0926. The molecule has 2 heterocycles. The van der Waals surface area contributed by atoms with Gasteiger partial charge < -0.3 is 11.1 Å². The Hall–Kier alpha value is -2.44. The van der Waals surface area contributed by atoms with Crippen LogP contribution in [-0.4, -0.2) is 32.5 Å². The second-order valence-electron chi connectivity index (χ2n) is 3.73. The highest BCUT2D eigenvalue weighted by Gasteiger charge is 2.00. The summed E-state index contributed by atoms with van der Waals surface area (Å²) in [6.07, 6.45) is 5.65. The highest BCUT2D eigenvalue weighted by Crippen LogP contribution is 2.05. The van der Waals surface area contributed by atoms with Crippen molar-refractivity contribution in [3.8, 4) is 5.95 Å². The van der Waals surface area contributed by atoms with Crippen LogP contribution in [0.4, 0.5) is 5.82 Å². The summed E-state index contributed by atoms with van der Waals surface area (Å²) in [5.41, 5.74) is 6.42. The number of nitrogens with one attached hydrogen (secondary N) is 1. The number of nitrogen functional groups attached to an aromatic ring is 1. The maximum atomic E-state index is 10.1. The van der Waals surface area contributed by atoms with Gasteiger partial charge in [0.1, 0.15) is 12.1 Å². The predicted octanol–water partition coefficient (Wildman–Crippen LogP) is 0.695. The topological polar surface area (TPSA) is 98.7 Å². The molecule has 0 saturated carbocycles. The van der Waals surface area contributed by atoms with Crippen LogP contribution >= 0.6 is 0 Å². The summed E-state index contributed by atoms with van der Waals surface area (Å²) in [6.45, 7) is 3.69. The summed E-state index contributed by atoms with van der Waals surface area (Å²) in [4.78, 5) is 22.2. The molecule has 0 aliphatic heterocycles. The number of nitrogens with two attached hydrogens (primary N) is 1. The van der Waals surface area contributed by atoms with Gasteiger partial charge in [0.15, 0.2) is 0 Å². The molecule has 2 aromatic rings. The number of rotatable bonds is 2. The maximum Gasteiger partial charge on any atom is 0.237 e. The lowest BCUT2D eigenvalue weighted by Gasteiger charge is -2.01. The minimum atomic E-state index is 0.0926. The fourth-order valence-corrected chi connectivity index (χ4v) is 1.25. The van der Waals surface area contributed by atoms with E-state index >= 15 is 0 Å². The Morgan fingerprint density at radius 3 is 2.63 bits per heavy atom. The number of hydrogen-bond donors (Lipinski definition) is 2. The van der Waals surface area contributed by atoms with Crippen molar-refractivity contribution in [2.24, 2.45) is 0 Å². The highest BCUT2D eigenvalue weighted by molar-refractivity contribution is 5.74. The van der Waals surface area contributed by atoms with Crippen LogP contribution in [0.15, 0.2) is 24.8 Å². The number of carbonyl (C=O) groups is 1. The van der Waals surface area contributed by atoms with Crippen molar-refractivity contribution >= 4 is 11.7 Å². The molecule has 0 aromatic carbocycles. The minimum Gasteiger partial charge on any atom is -0.384 e. The van der Waals surface area contributed by atoms with Crippen molar-refractivity contribution in [2.75, 3.05) is 12.8 Å². The lowest BCUT2D eigenvalue weighted by molar-refractivity contribution is -0.120. The van der Waals surface area contributed by atoms with Gasteiger partial charge in [0.05, 0.1) is 0 Å². The van der Waals surface area contributed by atoms with E-state index in [0.717, 1.165) is 5.69 Å². The Morgan fingerprint density at radius 2 is 2.21 bits per heavy atom. The number of nitrogens with zero attached hydrogens (tertiary/aromatic N) is 4. The van der Waals surface area contributed by atoms with Crippen molar-refractivity contribution in [1.29, 1.82) is 0 Å². The number of imidazole rings is 1. The first-order valence-corrected chi connectivity index (χ1v) is 5.86. The summed E-state index contributed by atoms with van der Waals surface area (Å²) >= 11 is 0. The third-order valence-electron chi connectivity index (χ3n) is 2.20. The molecule has 0 saturated heterocycles. The van der Waals surface area contributed by atoms with Crippen LogP contribution in [0.5, 0.6) is 0 Å². The molecular weight excluding hydrogens is 244 g/mol. The van der Waals surface area contributed by atoms with Crippen LogP contribution in [0.3, 0.4) is 0 Å². The Kier molecular flexibility index (Phi) is 5.46. The fourth-order valence-electron chi connectivity index (χ4n) is 1.25. The van der Waals surface area contributed by atoms with Crippen molar-refractivity contribution in [2.45, 2.75) is 20.3 Å². The molecule has 1 amide bonds. The van der Waals surface area contributed by atoms with Crippen molar-refractivity contribution in [1.82, 2.24) is 24.8 Å². The van der Waals surface area contributed by atoms with Gasteiger partial charge in [-0.05, 0) is 6.92 Å². The normalized spacial score (nSPS) is 9.42. The van der Waals surface area contributed by atoms with Crippen molar-refractivity contribution in [3.63, 3.8) is 0 Å². The number of amides is 1. The van der Waals surface area contributed by atoms with E-state index in [1.165, 1.54) is 0 Å². The average Bonchev–Trinajstić information content (AvgIpc) is 2.91. The zero-order valence-corrected chi connectivity index (χ0v) is 11.3. The predicted molar refractivity (Wildman–Crippen MR) is 72.7 cm³/mol. The summed E-state index contributed by atoms with van der Waals surface area (Å²) in [7, 11) is 1.63. The molecule has 102 valence electrons. The fraction of sp³-hybridized carbons (Fsp3) is 0.333. The van der Waals surface area contributed by atoms with Gasteiger partial charge in [0.25, 0.3) is 0 Å². The van der Waals surface area contributed by atoms with Crippen LogP contribution in [-0.2, 0) is 4.79 Å². The standard InChI is InChI=1S/C8H9N5.C4H9NO/c1-6-4-7(9)12-8(11-6)13-3-2-10-5-13;1-3-4(6)5-2/h2-5H,1H3,(H2,9,11,12);3H2,1-2H3,(H,5,6). The van der Waals surface area contributed by atoms with Crippen LogP contribution < -0.4 is 11.1 Å². The quantitative estimate of drug-likeness (QED) is 0.829. The van der Waals surface area contributed by atoms with Crippen LogP contribution in [0.2, 0.25) is 0 Å². The molecule has 19 heavy (non-hydrogen) atoms. The molecule has 3 N–H and O–H groups in total. The Labute approximate surface area is 111 Å². The largest absolute Gasteiger partial charge is 0.384 e. The molecule has 0 aliphatic rings. The lowest BCUT2D eigenvalue weighted by Crippen LogP contribution is -2.15. The average molecular weight is 262 g/mol. The van der Waals surface area contributed by atoms with E-state index in [9.17, 15) is 4.79 Å². The highest BCUT2D eigenvalue weighted by atomic mass is 16.1. The summed E-state index contributed by atoms with van der Waals surface area (Å²) in [6, 6.07) is 1.72. The number of aromatic nitrogens is 4. The molecular formula is C12H18N6O. The number of anilines is 1. The third-order valence-corrected chi connectivity index (χ3v) is 2.20. The first kappa shape index (κ1) is 14.6. The second-order valence-corrected chi connectivity index (χ2v) is 3.73. The maximum absolute atomic E-state index is 10.1. The van der Waals surface area contributed by atoms with Gasteiger partial charge in [-0.25, -0.2) is 9.97 Å². The van der Waals surface area contributed by atoms with E-state index in [4.69, 9.17) is 5.73 Å². The molecule has 0 radical (unpaired) electrons. The summed E-state index contributed by atoms with van der Waals surface area (Å²) in [5, 5.41) is 2.48. The molecule has 2 rings (SSSR count). The van der Waals surface area contributed by atoms with Gasteiger partial charge >= 0.3 is 0 Å². The third kappa shape index (κ3) is 4.74.